The van der Waals surface area contributed by atoms with Crippen molar-refractivity contribution >= 4 is 35.4 Å². The third kappa shape index (κ3) is 1.76. The predicted octanol–water partition coefficient (Wildman–Crippen LogP) is 0.993. The molecule has 0 radical (unpaired) electrons. The predicted molar refractivity (Wildman–Crippen MR) is 60.8 cm³/mol. The molecule has 2 heterocycles. The quantitative estimate of drug-likeness (QED) is 0.752. The summed E-state index contributed by atoms with van der Waals surface area (Å²) >= 11 is 3.24. The lowest BCUT2D eigenvalue weighted by Gasteiger charge is -2.43. The van der Waals surface area contributed by atoms with Gasteiger partial charge in [0.25, 0.3) is 0 Å². The van der Waals surface area contributed by atoms with Crippen LogP contribution in [0.25, 0.3) is 0 Å². The Bertz CT molecular complexity index is 353. The molecule has 0 saturated carbocycles. The van der Waals surface area contributed by atoms with Crippen LogP contribution in [-0.4, -0.2) is 45.0 Å². The van der Waals surface area contributed by atoms with Crippen LogP contribution in [0.1, 0.15) is 6.42 Å². The van der Waals surface area contributed by atoms with Gasteiger partial charge in [-0.2, -0.15) is 11.8 Å². The number of fused-ring (bicyclic) bond motifs is 1. The summed E-state index contributed by atoms with van der Waals surface area (Å²) < 4.78 is 0. The average molecular weight is 245 g/mol. The van der Waals surface area contributed by atoms with E-state index in [0.717, 1.165) is 11.3 Å². The molecule has 2 aliphatic rings. The fourth-order valence-corrected chi connectivity index (χ4v) is 3.74. The summed E-state index contributed by atoms with van der Waals surface area (Å²) in [6.45, 7) is 0. The Hall–Kier alpha value is -0.620. The van der Waals surface area contributed by atoms with Crippen LogP contribution in [0.15, 0.2) is 11.3 Å². The summed E-state index contributed by atoms with van der Waals surface area (Å²) in [5.74, 6) is 0.378. The van der Waals surface area contributed by atoms with Gasteiger partial charge >= 0.3 is 5.97 Å². The van der Waals surface area contributed by atoms with E-state index in [2.05, 4.69) is 0 Å². The third-order valence-corrected chi connectivity index (χ3v) is 4.37. The van der Waals surface area contributed by atoms with Crippen LogP contribution in [0.5, 0.6) is 0 Å². The Kier molecular flexibility index (Phi) is 2.97. The van der Waals surface area contributed by atoms with Gasteiger partial charge in [-0.25, -0.2) is 4.79 Å². The number of carbonyl (C=O) groups is 2. The molecule has 0 aromatic carbocycles. The molecule has 2 rings (SSSR count). The van der Waals surface area contributed by atoms with E-state index in [9.17, 15) is 9.59 Å². The number of carboxylic acid groups (broad SMARTS) is 1. The van der Waals surface area contributed by atoms with Gasteiger partial charge in [-0.05, 0) is 11.8 Å². The number of β-lactam (4-membered cyclic amide) rings is 1. The van der Waals surface area contributed by atoms with Gasteiger partial charge < -0.3 is 5.11 Å². The van der Waals surface area contributed by atoms with Gasteiger partial charge in [0.05, 0.1) is 11.8 Å². The van der Waals surface area contributed by atoms with Crippen LogP contribution in [-0.2, 0) is 9.59 Å². The number of rotatable bonds is 3. The minimum Gasteiger partial charge on any atom is -0.477 e. The molecule has 0 unspecified atom stereocenters. The highest BCUT2D eigenvalue weighted by Gasteiger charge is 2.44. The zero-order chi connectivity index (χ0) is 11.0. The Balaban J connectivity index is 2.32. The van der Waals surface area contributed by atoms with Gasteiger partial charge in [0.1, 0.15) is 5.70 Å². The number of aliphatic carboxylic acids is 1. The van der Waals surface area contributed by atoms with Crippen LogP contribution in [0.4, 0.5) is 0 Å². The Morgan fingerprint density at radius 1 is 1.73 bits per heavy atom. The average Bonchev–Trinajstić information content (AvgIpc) is 2.18. The molecule has 82 valence electrons. The molecule has 1 N–H and O–H groups in total. The van der Waals surface area contributed by atoms with Gasteiger partial charge in [-0.15, -0.1) is 11.8 Å². The van der Waals surface area contributed by atoms with Crippen molar-refractivity contribution in [1.29, 1.82) is 0 Å². The number of nitrogens with zero attached hydrogens (tertiary/aromatic N) is 1. The van der Waals surface area contributed by atoms with E-state index in [4.69, 9.17) is 5.11 Å². The van der Waals surface area contributed by atoms with Crippen molar-refractivity contribution in [2.75, 3.05) is 17.8 Å². The zero-order valence-electron chi connectivity index (χ0n) is 8.23. The summed E-state index contributed by atoms with van der Waals surface area (Å²) in [7, 11) is 0. The first-order valence-electron chi connectivity index (χ1n) is 4.53. The largest absolute Gasteiger partial charge is 0.477 e. The molecule has 0 aromatic rings. The van der Waals surface area contributed by atoms with E-state index < -0.39 is 5.97 Å². The molecule has 0 spiro atoms. The van der Waals surface area contributed by atoms with E-state index in [1.807, 2.05) is 6.26 Å². The molecular formula is C9H11NO3S2. The van der Waals surface area contributed by atoms with Gasteiger partial charge in [0.2, 0.25) is 5.91 Å². The van der Waals surface area contributed by atoms with Gasteiger partial charge in [0.15, 0.2) is 0 Å². The molecule has 15 heavy (non-hydrogen) atoms. The lowest BCUT2D eigenvalue weighted by atomic mass is 10.1. The normalized spacial score (nSPS) is 25.0. The zero-order valence-corrected chi connectivity index (χ0v) is 9.86. The monoisotopic (exact) mass is 245 g/mol. The summed E-state index contributed by atoms with van der Waals surface area (Å²) in [5, 5.41) is 9.17. The molecule has 0 bridgehead atoms. The van der Waals surface area contributed by atoms with Crippen molar-refractivity contribution in [3.8, 4) is 0 Å². The molecule has 1 fully saturated rings. The highest BCUT2D eigenvalue weighted by Crippen LogP contribution is 2.40. The molecular weight excluding hydrogens is 234 g/mol. The molecule has 1 amide bonds. The molecule has 4 nitrogen and oxygen atoms in total. The summed E-state index contributed by atoms with van der Waals surface area (Å²) in [5.41, 5.74) is 1.09. The number of carboxylic acids is 1. The number of thioether (sulfide) groups is 2. The van der Waals surface area contributed by atoms with Crippen LogP contribution < -0.4 is 0 Å². The third-order valence-electron chi connectivity index (χ3n) is 2.45. The highest BCUT2D eigenvalue weighted by atomic mass is 32.2. The maximum absolute atomic E-state index is 11.3. The molecule has 6 heteroatoms. The topological polar surface area (TPSA) is 57.6 Å². The van der Waals surface area contributed by atoms with E-state index in [0.29, 0.717) is 12.2 Å². The number of hydrogen-bond donors (Lipinski definition) is 1. The van der Waals surface area contributed by atoms with Crippen molar-refractivity contribution in [2.45, 2.75) is 11.8 Å². The van der Waals surface area contributed by atoms with E-state index >= 15 is 0 Å². The summed E-state index contributed by atoms with van der Waals surface area (Å²) in [6.07, 6.45) is 2.41. The molecule has 1 saturated heterocycles. The Morgan fingerprint density at radius 2 is 2.47 bits per heavy atom. The Labute approximate surface area is 96.1 Å². The molecule has 1 atom stereocenters. The van der Waals surface area contributed by atoms with E-state index in [1.54, 1.807) is 23.5 Å². The van der Waals surface area contributed by atoms with Crippen LogP contribution >= 0.6 is 23.5 Å². The van der Waals surface area contributed by atoms with Crippen LogP contribution in [0.3, 0.4) is 0 Å². The minimum atomic E-state index is -0.975. The van der Waals surface area contributed by atoms with Gasteiger partial charge in [-0.1, -0.05) is 0 Å². The van der Waals surface area contributed by atoms with Gasteiger partial charge in [0, 0.05) is 11.5 Å². The maximum atomic E-state index is 11.3. The second-order valence-electron chi connectivity index (χ2n) is 3.42. The fraction of sp³-hybridized carbons (Fsp3) is 0.556. The maximum Gasteiger partial charge on any atom is 0.352 e. The molecule has 0 aliphatic carbocycles. The van der Waals surface area contributed by atoms with Crippen molar-refractivity contribution in [3.05, 3.63) is 11.3 Å². The highest BCUT2D eigenvalue weighted by molar-refractivity contribution is 8.00. The fourth-order valence-electron chi connectivity index (χ4n) is 1.76. The van der Waals surface area contributed by atoms with Crippen molar-refractivity contribution < 1.29 is 14.7 Å². The standard InChI is InChI=1S/C9H11NO3S2/c1-14-3-5-4-15-7-2-6(11)10(7)8(5)9(12)13/h7H,2-4H2,1H3,(H,12,13)/t7-/m1/s1. The Morgan fingerprint density at radius 3 is 3.00 bits per heavy atom. The second-order valence-corrected chi connectivity index (χ2v) is 5.46. The SMILES string of the molecule is CSCC1=C(C(=O)O)N2C(=O)C[C@H]2SC1. The first-order chi connectivity index (χ1) is 7.15. The van der Waals surface area contributed by atoms with Crippen molar-refractivity contribution in [2.24, 2.45) is 0 Å². The number of carbonyl (C=O) groups excluding carboxylic acids is 1. The lowest BCUT2D eigenvalue weighted by molar-refractivity contribution is -0.146. The molecule has 0 aromatic heterocycles. The summed E-state index contributed by atoms with van der Waals surface area (Å²) in [6, 6.07) is 0. The number of amides is 1. The van der Waals surface area contributed by atoms with Crippen LogP contribution in [0, 0.1) is 0 Å². The van der Waals surface area contributed by atoms with Crippen molar-refractivity contribution in [3.63, 3.8) is 0 Å². The van der Waals surface area contributed by atoms with E-state index in [1.165, 1.54) is 4.90 Å². The minimum absolute atomic E-state index is 0.0641. The van der Waals surface area contributed by atoms with E-state index in [-0.39, 0.29) is 17.0 Å². The van der Waals surface area contributed by atoms with Crippen molar-refractivity contribution in [1.82, 2.24) is 4.90 Å². The first kappa shape index (κ1) is 10.9. The number of hydrogen-bond acceptors (Lipinski definition) is 4. The molecule has 2 aliphatic heterocycles. The van der Waals surface area contributed by atoms with Gasteiger partial charge in [-0.3, -0.25) is 9.69 Å². The summed E-state index contributed by atoms with van der Waals surface area (Å²) in [4.78, 5) is 23.9. The smallest absolute Gasteiger partial charge is 0.352 e. The lowest BCUT2D eigenvalue weighted by Crippen LogP contribution is -2.54. The first-order valence-corrected chi connectivity index (χ1v) is 6.97. The second kappa shape index (κ2) is 4.09. The van der Waals surface area contributed by atoms with Crippen LogP contribution in [0.2, 0.25) is 0 Å².